The molecule has 0 radical (unpaired) electrons. The highest BCUT2D eigenvalue weighted by molar-refractivity contribution is 7.47. The second-order valence-corrected chi connectivity index (χ2v) is 19.4. The van der Waals surface area contributed by atoms with Gasteiger partial charge in [-0.05, 0) is 44.9 Å². The number of hydrogen-bond acceptors (Lipinski definition) is 11. The molecule has 0 aliphatic heterocycles. The monoisotopic (exact) mass is 919 g/mol. The number of hydrogen-bond donors (Lipinski definition) is 6. The molecule has 0 aromatic rings. The molecule has 6 unspecified atom stereocenters. The van der Waals surface area contributed by atoms with Crippen LogP contribution in [0.15, 0.2) is 24.3 Å². The molecule has 1 aliphatic rings. The number of carbonyl (C=O) groups excluding carboxylic acids is 1. The Labute approximate surface area is 383 Å². The zero-order valence-corrected chi connectivity index (χ0v) is 40.8. The molecule has 1 fully saturated rings. The van der Waals surface area contributed by atoms with E-state index in [4.69, 9.17) is 18.5 Å². The van der Waals surface area contributed by atoms with Crippen molar-refractivity contribution in [1.82, 2.24) is 0 Å². The van der Waals surface area contributed by atoms with Gasteiger partial charge in [0.05, 0.1) is 13.2 Å². The fraction of sp³-hybridized carbons (Fsp3) is 0.900. The molecular formula is C50H95O12P. The van der Waals surface area contributed by atoms with Gasteiger partial charge >= 0.3 is 13.8 Å². The SMILES string of the molecule is CCCCCC/C=C\C/C=C\CCCCCCCC(=O)OC(COCCCCCCCCCCCCCCCCCCCCCC)COP(=O)(O)OC1C(O)C(O)C(O)C(O)C1O. The fourth-order valence-corrected chi connectivity index (χ4v) is 8.95. The van der Waals surface area contributed by atoms with E-state index < -0.39 is 63.1 Å². The number of phosphoric acid groups is 1. The molecule has 6 atom stereocenters. The molecule has 1 saturated carbocycles. The van der Waals surface area contributed by atoms with Crippen LogP contribution >= 0.6 is 7.82 Å². The summed E-state index contributed by atoms with van der Waals surface area (Å²) in [6.07, 6.45) is 35.3. The van der Waals surface area contributed by atoms with E-state index in [2.05, 4.69) is 38.2 Å². The zero-order chi connectivity index (χ0) is 46.2. The van der Waals surface area contributed by atoms with Crippen molar-refractivity contribution in [3.05, 3.63) is 24.3 Å². The van der Waals surface area contributed by atoms with Crippen molar-refractivity contribution in [1.29, 1.82) is 0 Å². The van der Waals surface area contributed by atoms with Gasteiger partial charge in [0.25, 0.3) is 0 Å². The Morgan fingerprint density at radius 2 is 0.889 bits per heavy atom. The first kappa shape index (κ1) is 59.8. The van der Waals surface area contributed by atoms with E-state index >= 15 is 0 Å². The van der Waals surface area contributed by atoms with Gasteiger partial charge in [-0.2, -0.15) is 0 Å². The van der Waals surface area contributed by atoms with Crippen molar-refractivity contribution in [2.45, 2.75) is 268 Å². The van der Waals surface area contributed by atoms with Gasteiger partial charge in [0.1, 0.15) is 42.7 Å². The van der Waals surface area contributed by atoms with Crippen LogP contribution in [0.1, 0.15) is 226 Å². The number of carbonyl (C=O) groups is 1. The number of allylic oxidation sites excluding steroid dienone is 4. The van der Waals surface area contributed by atoms with Crippen LogP contribution in [0.5, 0.6) is 0 Å². The second kappa shape index (κ2) is 41.0. The average molecular weight is 919 g/mol. The molecule has 0 aromatic heterocycles. The van der Waals surface area contributed by atoms with E-state index in [1.165, 1.54) is 135 Å². The van der Waals surface area contributed by atoms with Gasteiger partial charge in [-0.25, -0.2) is 4.57 Å². The number of phosphoric ester groups is 1. The van der Waals surface area contributed by atoms with Crippen molar-refractivity contribution in [3.8, 4) is 0 Å². The van der Waals surface area contributed by atoms with Crippen molar-refractivity contribution in [3.63, 3.8) is 0 Å². The quantitative estimate of drug-likeness (QED) is 0.0147. The van der Waals surface area contributed by atoms with Crippen LogP contribution in [0.4, 0.5) is 0 Å². The predicted octanol–water partition coefficient (Wildman–Crippen LogP) is 11.3. The highest BCUT2D eigenvalue weighted by Gasteiger charge is 2.51. The molecule has 0 aromatic carbocycles. The molecule has 0 amide bonds. The average Bonchev–Trinajstić information content (AvgIpc) is 3.27. The Morgan fingerprint density at radius 3 is 1.35 bits per heavy atom. The molecule has 372 valence electrons. The lowest BCUT2D eigenvalue weighted by Crippen LogP contribution is -2.64. The van der Waals surface area contributed by atoms with Crippen LogP contribution in [0.25, 0.3) is 0 Å². The summed E-state index contributed by atoms with van der Waals surface area (Å²) in [5.74, 6) is -0.487. The summed E-state index contributed by atoms with van der Waals surface area (Å²) in [5.41, 5.74) is 0. The molecule has 0 bridgehead atoms. The first-order valence-corrected chi connectivity index (χ1v) is 27.2. The predicted molar refractivity (Wildman–Crippen MR) is 253 cm³/mol. The topological polar surface area (TPSA) is 192 Å². The molecule has 63 heavy (non-hydrogen) atoms. The fourth-order valence-electron chi connectivity index (χ4n) is 7.98. The molecule has 13 heteroatoms. The minimum atomic E-state index is -5.02. The Hall–Kier alpha value is -1.18. The maximum absolute atomic E-state index is 12.8. The van der Waals surface area contributed by atoms with Crippen molar-refractivity contribution in [2.24, 2.45) is 0 Å². The standard InChI is InChI=1S/C50H95O12P/c1-3-5-7-9-11-13-15-17-19-21-22-23-24-26-28-30-32-34-36-38-40-59-41-43(42-60-63(57,58)62-50-48(55)46(53)45(52)47(54)49(50)56)61-44(51)39-37-35-33-31-29-27-25-20-18-16-14-12-10-8-6-4-2/h14,16,20,25,43,45-50,52-56H,3-13,15,17-19,21-24,26-42H2,1-2H3,(H,57,58)/b16-14-,25-20-. The van der Waals surface area contributed by atoms with E-state index in [0.717, 1.165) is 64.2 Å². The lowest BCUT2D eigenvalue weighted by atomic mass is 9.85. The third-order valence-corrected chi connectivity index (χ3v) is 13.1. The summed E-state index contributed by atoms with van der Waals surface area (Å²) in [6.45, 7) is 4.26. The molecular weight excluding hydrogens is 824 g/mol. The molecule has 1 aliphatic carbocycles. The normalized spacial score (nSPS) is 22.0. The summed E-state index contributed by atoms with van der Waals surface area (Å²) in [5, 5.41) is 50.3. The van der Waals surface area contributed by atoms with Crippen molar-refractivity contribution in [2.75, 3.05) is 19.8 Å². The molecule has 6 N–H and O–H groups in total. The largest absolute Gasteiger partial charge is 0.472 e. The van der Waals surface area contributed by atoms with Gasteiger partial charge in [-0.3, -0.25) is 13.8 Å². The zero-order valence-electron chi connectivity index (χ0n) is 39.9. The number of esters is 1. The third-order valence-electron chi connectivity index (χ3n) is 12.1. The Bertz CT molecular complexity index is 1140. The third kappa shape index (κ3) is 33.0. The first-order valence-electron chi connectivity index (χ1n) is 25.7. The van der Waals surface area contributed by atoms with Crippen LogP contribution in [-0.4, -0.2) is 98.9 Å². The lowest BCUT2D eigenvalue weighted by Gasteiger charge is -2.41. The van der Waals surface area contributed by atoms with E-state index in [1.807, 2.05) is 0 Å². The number of aliphatic hydroxyl groups excluding tert-OH is 5. The van der Waals surface area contributed by atoms with Gasteiger partial charge in [-0.15, -0.1) is 0 Å². The van der Waals surface area contributed by atoms with Gasteiger partial charge in [0.2, 0.25) is 0 Å². The van der Waals surface area contributed by atoms with Gasteiger partial charge in [-0.1, -0.05) is 199 Å². The maximum atomic E-state index is 12.8. The highest BCUT2D eigenvalue weighted by Crippen LogP contribution is 2.47. The highest BCUT2D eigenvalue weighted by atomic mass is 31.2. The molecule has 1 rings (SSSR count). The van der Waals surface area contributed by atoms with Crippen molar-refractivity contribution < 1.29 is 58.3 Å². The summed E-state index contributed by atoms with van der Waals surface area (Å²) in [4.78, 5) is 23.2. The van der Waals surface area contributed by atoms with E-state index in [-0.39, 0.29) is 13.0 Å². The summed E-state index contributed by atoms with van der Waals surface area (Å²) in [7, 11) is -5.02. The Morgan fingerprint density at radius 1 is 0.508 bits per heavy atom. The van der Waals surface area contributed by atoms with Crippen LogP contribution in [0, 0.1) is 0 Å². The van der Waals surface area contributed by atoms with E-state index in [1.54, 1.807) is 0 Å². The van der Waals surface area contributed by atoms with Crippen LogP contribution < -0.4 is 0 Å². The van der Waals surface area contributed by atoms with E-state index in [0.29, 0.717) is 13.0 Å². The van der Waals surface area contributed by atoms with Crippen molar-refractivity contribution >= 4 is 13.8 Å². The summed E-state index contributed by atoms with van der Waals surface area (Å²) < 4.78 is 34.3. The number of ether oxygens (including phenoxy) is 2. The number of rotatable bonds is 44. The van der Waals surface area contributed by atoms with Gasteiger partial charge < -0.3 is 39.9 Å². The molecule has 0 spiro atoms. The van der Waals surface area contributed by atoms with Crippen LogP contribution in [-0.2, 0) is 27.9 Å². The lowest BCUT2D eigenvalue weighted by molar-refractivity contribution is -0.220. The Balaban J connectivity index is 2.34. The summed E-state index contributed by atoms with van der Waals surface area (Å²) >= 11 is 0. The summed E-state index contributed by atoms with van der Waals surface area (Å²) in [6, 6.07) is 0. The molecule has 12 nitrogen and oxygen atoms in total. The smallest absolute Gasteiger partial charge is 0.457 e. The van der Waals surface area contributed by atoms with Crippen LogP contribution in [0.3, 0.4) is 0 Å². The van der Waals surface area contributed by atoms with Gasteiger partial charge in [0, 0.05) is 13.0 Å². The first-order chi connectivity index (χ1) is 30.5. The van der Waals surface area contributed by atoms with E-state index in [9.17, 15) is 39.8 Å². The number of unbranched alkanes of at least 4 members (excludes halogenated alkanes) is 28. The van der Waals surface area contributed by atoms with Gasteiger partial charge in [0.15, 0.2) is 0 Å². The number of aliphatic hydroxyl groups is 5. The molecule has 0 heterocycles. The van der Waals surface area contributed by atoms with Crippen LogP contribution in [0.2, 0.25) is 0 Å². The maximum Gasteiger partial charge on any atom is 0.472 e. The second-order valence-electron chi connectivity index (χ2n) is 18.0. The molecule has 0 saturated heterocycles. The minimum Gasteiger partial charge on any atom is -0.457 e. The minimum absolute atomic E-state index is 0.0779. The Kier molecular flexibility index (Phi) is 39.0.